The molecule has 0 spiro atoms. The Kier molecular flexibility index (Phi) is 3.64. The molecule has 1 saturated heterocycles. The van der Waals surface area contributed by atoms with Crippen molar-refractivity contribution in [1.29, 1.82) is 0 Å². The highest BCUT2D eigenvalue weighted by atomic mass is 16.5. The molecule has 0 radical (unpaired) electrons. The van der Waals surface area contributed by atoms with Gasteiger partial charge in [0.1, 0.15) is 0 Å². The van der Waals surface area contributed by atoms with E-state index in [1.165, 1.54) is 0 Å². The number of rotatable bonds is 3. The van der Waals surface area contributed by atoms with Gasteiger partial charge < -0.3 is 15.8 Å². The van der Waals surface area contributed by atoms with Crippen molar-refractivity contribution in [3.05, 3.63) is 29.3 Å². The zero-order valence-electron chi connectivity index (χ0n) is 10.0. The molecule has 92 valence electrons. The Balaban J connectivity index is 1.97. The highest BCUT2D eigenvalue weighted by Crippen LogP contribution is 2.16. The van der Waals surface area contributed by atoms with Gasteiger partial charge in [0.15, 0.2) is 0 Å². The molecular weight excluding hydrogens is 216 g/mol. The lowest BCUT2D eigenvalue weighted by atomic mass is 10.1. The molecule has 17 heavy (non-hydrogen) atoms. The van der Waals surface area contributed by atoms with Crippen LogP contribution in [-0.4, -0.2) is 25.2 Å². The minimum atomic E-state index is -0.0784. The molecular formula is C13H18N2O2. The van der Waals surface area contributed by atoms with Crippen LogP contribution in [0.1, 0.15) is 28.8 Å². The van der Waals surface area contributed by atoms with Gasteiger partial charge in [-0.25, -0.2) is 0 Å². The lowest BCUT2D eigenvalue weighted by Crippen LogP contribution is -2.32. The molecule has 2 rings (SSSR count). The van der Waals surface area contributed by atoms with E-state index in [2.05, 4.69) is 5.32 Å². The fraction of sp³-hybridized carbons (Fsp3) is 0.462. The van der Waals surface area contributed by atoms with E-state index in [0.717, 1.165) is 25.0 Å². The minimum Gasteiger partial charge on any atom is -0.398 e. The van der Waals surface area contributed by atoms with Gasteiger partial charge in [0.25, 0.3) is 5.91 Å². The molecule has 0 bridgehead atoms. The maximum Gasteiger partial charge on any atom is 0.251 e. The molecule has 4 heteroatoms. The second-order valence-corrected chi connectivity index (χ2v) is 4.36. The summed E-state index contributed by atoms with van der Waals surface area (Å²) in [5.41, 5.74) is 7.89. The molecule has 1 heterocycles. The smallest absolute Gasteiger partial charge is 0.251 e. The molecule has 3 N–H and O–H groups in total. The second kappa shape index (κ2) is 5.19. The van der Waals surface area contributed by atoms with E-state index in [1.54, 1.807) is 18.2 Å². The number of amides is 1. The van der Waals surface area contributed by atoms with Crippen molar-refractivity contribution in [3.8, 4) is 0 Å². The van der Waals surface area contributed by atoms with E-state index in [0.29, 0.717) is 17.8 Å². The molecule has 0 aromatic heterocycles. The first-order chi connectivity index (χ1) is 8.18. The fourth-order valence-corrected chi connectivity index (χ4v) is 2.01. The number of nitrogen functional groups attached to an aromatic ring is 1. The number of benzene rings is 1. The van der Waals surface area contributed by atoms with E-state index < -0.39 is 0 Å². The highest BCUT2D eigenvalue weighted by Gasteiger charge is 2.17. The third kappa shape index (κ3) is 2.77. The van der Waals surface area contributed by atoms with Crippen LogP contribution < -0.4 is 11.1 Å². The average molecular weight is 234 g/mol. The SMILES string of the molecule is Cc1c(N)cccc1C(=O)NCC1CCCO1. The van der Waals surface area contributed by atoms with Gasteiger partial charge in [-0.15, -0.1) is 0 Å². The van der Waals surface area contributed by atoms with Crippen LogP contribution in [0.25, 0.3) is 0 Å². The number of nitrogens with one attached hydrogen (secondary N) is 1. The van der Waals surface area contributed by atoms with Crippen molar-refractivity contribution >= 4 is 11.6 Å². The number of nitrogens with two attached hydrogens (primary N) is 1. The van der Waals surface area contributed by atoms with Crippen molar-refractivity contribution in [1.82, 2.24) is 5.32 Å². The Morgan fingerprint density at radius 1 is 1.59 bits per heavy atom. The Hall–Kier alpha value is -1.55. The molecule has 1 aromatic carbocycles. The van der Waals surface area contributed by atoms with Crippen LogP contribution in [0.15, 0.2) is 18.2 Å². The second-order valence-electron chi connectivity index (χ2n) is 4.36. The number of anilines is 1. The van der Waals surface area contributed by atoms with Crippen LogP contribution in [0.5, 0.6) is 0 Å². The summed E-state index contributed by atoms with van der Waals surface area (Å²) in [6.45, 7) is 3.24. The summed E-state index contributed by atoms with van der Waals surface area (Å²) in [6, 6.07) is 5.38. The summed E-state index contributed by atoms with van der Waals surface area (Å²) in [7, 11) is 0. The third-order valence-corrected chi connectivity index (χ3v) is 3.13. The van der Waals surface area contributed by atoms with Crippen LogP contribution in [0.2, 0.25) is 0 Å². The molecule has 0 aliphatic carbocycles. The summed E-state index contributed by atoms with van der Waals surface area (Å²) in [6.07, 6.45) is 2.27. The predicted octanol–water partition coefficient (Wildman–Crippen LogP) is 1.49. The van der Waals surface area contributed by atoms with E-state index in [-0.39, 0.29) is 12.0 Å². The van der Waals surface area contributed by atoms with Crippen LogP contribution in [-0.2, 0) is 4.74 Å². The van der Waals surface area contributed by atoms with Gasteiger partial charge >= 0.3 is 0 Å². The van der Waals surface area contributed by atoms with Crippen molar-refractivity contribution in [2.45, 2.75) is 25.9 Å². The van der Waals surface area contributed by atoms with Crippen molar-refractivity contribution in [3.63, 3.8) is 0 Å². The van der Waals surface area contributed by atoms with Crippen molar-refractivity contribution in [2.75, 3.05) is 18.9 Å². The zero-order chi connectivity index (χ0) is 12.3. The number of ether oxygens (including phenoxy) is 1. The highest BCUT2D eigenvalue weighted by molar-refractivity contribution is 5.96. The summed E-state index contributed by atoms with van der Waals surface area (Å²) >= 11 is 0. The van der Waals surface area contributed by atoms with E-state index >= 15 is 0 Å². The molecule has 4 nitrogen and oxygen atoms in total. The van der Waals surface area contributed by atoms with Gasteiger partial charge in [-0.3, -0.25) is 4.79 Å². The number of carbonyl (C=O) groups is 1. The summed E-state index contributed by atoms with van der Waals surface area (Å²) < 4.78 is 5.45. The minimum absolute atomic E-state index is 0.0784. The van der Waals surface area contributed by atoms with E-state index in [1.807, 2.05) is 6.92 Å². The molecule has 1 aromatic rings. The normalized spacial score (nSPS) is 19.2. The lowest BCUT2D eigenvalue weighted by molar-refractivity contribution is 0.0857. The van der Waals surface area contributed by atoms with Gasteiger partial charge in [0.05, 0.1) is 6.10 Å². The first kappa shape index (κ1) is 11.9. The number of hydrogen-bond donors (Lipinski definition) is 2. The van der Waals surface area contributed by atoms with E-state index in [4.69, 9.17) is 10.5 Å². The zero-order valence-corrected chi connectivity index (χ0v) is 10.0. The Bertz CT molecular complexity index is 412. The largest absolute Gasteiger partial charge is 0.398 e. The Morgan fingerprint density at radius 2 is 2.41 bits per heavy atom. The number of hydrogen-bond acceptors (Lipinski definition) is 3. The lowest BCUT2D eigenvalue weighted by Gasteiger charge is -2.12. The van der Waals surface area contributed by atoms with Crippen LogP contribution >= 0.6 is 0 Å². The fourth-order valence-electron chi connectivity index (χ4n) is 2.01. The van der Waals surface area contributed by atoms with Gasteiger partial charge in [0, 0.05) is 24.4 Å². The summed E-state index contributed by atoms with van der Waals surface area (Å²) in [5.74, 6) is -0.0784. The first-order valence-electron chi connectivity index (χ1n) is 5.93. The number of carbonyl (C=O) groups excluding carboxylic acids is 1. The van der Waals surface area contributed by atoms with Crippen LogP contribution in [0, 0.1) is 6.92 Å². The first-order valence-corrected chi connectivity index (χ1v) is 5.93. The molecule has 1 aliphatic rings. The topological polar surface area (TPSA) is 64.4 Å². The van der Waals surface area contributed by atoms with Crippen LogP contribution in [0.4, 0.5) is 5.69 Å². The van der Waals surface area contributed by atoms with Crippen molar-refractivity contribution < 1.29 is 9.53 Å². The van der Waals surface area contributed by atoms with Crippen molar-refractivity contribution in [2.24, 2.45) is 0 Å². The maximum absolute atomic E-state index is 12.0. The quantitative estimate of drug-likeness (QED) is 0.779. The molecule has 1 fully saturated rings. The molecule has 1 atom stereocenters. The Morgan fingerprint density at radius 3 is 3.12 bits per heavy atom. The van der Waals surface area contributed by atoms with Gasteiger partial charge in [-0.05, 0) is 37.5 Å². The summed E-state index contributed by atoms with van der Waals surface area (Å²) in [5, 5.41) is 2.89. The van der Waals surface area contributed by atoms with Gasteiger partial charge in [0.2, 0.25) is 0 Å². The maximum atomic E-state index is 12.0. The molecule has 1 aliphatic heterocycles. The van der Waals surface area contributed by atoms with Gasteiger partial charge in [-0.1, -0.05) is 6.07 Å². The summed E-state index contributed by atoms with van der Waals surface area (Å²) in [4.78, 5) is 12.0. The standard InChI is InChI=1S/C13H18N2O2/c1-9-11(5-2-6-12(9)14)13(16)15-8-10-4-3-7-17-10/h2,5-6,10H,3-4,7-8,14H2,1H3,(H,15,16). The van der Waals surface area contributed by atoms with Gasteiger partial charge in [-0.2, -0.15) is 0 Å². The molecule has 0 saturated carbocycles. The molecule has 1 amide bonds. The van der Waals surface area contributed by atoms with Crippen LogP contribution in [0.3, 0.4) is 0 Å². The Labute approximate surface area is 101 Å². The monoisotopic (exact) mass is 234 g/mol. The third-order valence-electron chi connectivity index (χ3n) is 3.13. The molecule has 1 unspecified atom stereocenters. The average Bonchev–Trinajstić information content (AvgIpc) is 2.82. The predicted molar refractivity (Wildman–Crippen MR) is 66.9 cm³/mol. The van der Waals surface area contributed by atoms with E-state index in [9.17, 15) is 4.79 Å².